The Morgan fingerprint density at radius 3 is 2.52 bits per heavy atom. The van der Waals surface area contributed by atoms with Gasteiger partial charge in [-0.3, -0.25) is 4.68 Å². The summed E-state index contributed by atoms with van der Waals surface area (Å²) in [5.41, 5.74) is 1.27. The Morgan fingerprint density at radius 2 is 2.00 bits per heavy atom. The molecule has 2 aromatic rings. The second-order valence-corrected chi connectivity index (χ2v) is 6.33. The fraction of sp³-hybridized carbons (Fsp3) is 0.438. The van der Waals surface area contributed by atoms with E-state index in [9.17, 15) is 0 Å². The van der Waals surface area contributed by atoms with Gasteiger partial charge in [-0.05, 0) is 38.6 Å². The molecule has 1 aromatic heterocycles. The van der Waals surface area contributed by atoms with E-state index in [0.717, 1.165) is 11.5 Å². The molecule has 0 aliphatic heterocycles. The maximum absolute atomic E-state index is 5.68. The van der Waals surface area contributed by atoms with Crippen LogP contribution in [-0.4, -0.2) is 28.7 Å². The molecule has 21 heavy (non-hydrogen) atoms. The SMILES string of the molecule is CNC(CSc1cnn(C)c1)c1ccc(OC(C)C)cc1. The van der Waals surface area contributed by atoms with Crippen LogP contribution in [0.2, 0.25) is 0 Å². The zero-order valence-corrected chi connectivity index (χ0v) is 13.9. The maximum Gasteiger partial charge on any atom is 0.119 e. The predicted octanol–water partition coefficient (Wildman–Crippen LogP) is 3.26. The molecule has 4 nitrogen and oxygen atoms in total. The molecule has 1 atom stereocenters. The van der Waals surface area contributed by atoms with Crippen LogP contribution in [0.5, 0.6) is 5.75 Å². The Labute approximate surface area is 130 Å². The highest BCUT2D eigenvalue weighted by Crippen LogP contribution is 2.25. The molecule has 1 heterocycles. The summed E-state index contributed by atoms with van der Waals surface area (Å²) in [7, 11) is 3.93. The number of benzene rings is 1. The fourth-order valence-corrected chi connectivity index (χ4v) is 3.12. The van der Waals surface area contributed by atoms with E-state index in [1.54, 1.807) is 11.8 Å². The van der Waals surface area contributed by atoms with E-state index in [0.29, 0.717) is 6.04 Å². The van der Waals surface area contributed by atoms with Gasteiger partial charge in [-0.15, -0.1) is 11.8 Å². The van der Waals surface area contributed by atoms with Crippen molar-refractivity contribution in [1.29, 1.82) is 0 Å². The summed E-state index contributed by atoms with van der Waals surface area (Å²) < 4.78 is 7.51. The van der Waals surface area contributed by atoms with Gasteiger partial charge in [0.05, 0.1) is 12.3 Å². The molecule has 0 spiro atoms. The molecule has 0 saturated carbocycles. The Bertz CT molecular complexity index is 551. The van der Waals surface area contributed by atoms with E-state index in [-0.39, 0.29) is 6.10 Å². The van der Waals surface area contributed by atoms with Gasteiger partial charge in [-0.1, -0.05) is 12.1 Å². The maximum atomic E-state index is 5.68. The van der Waals surface area contributed by atoms with Crippen LogP contribution in [0.3, 0.4) is 0 Å². The van der Waals surface area contributed by atoms with E-state index in [1.165, 1.54) is 10.5 Å². The van der Waals surface area contributed by atoms with E-state index in [2.05, 4.69) is 22.5 Å². The van der Waals surface area contributed by atoms with Gasteiger partial charge < -0.3 is 10.1 Å². The molecular formula is C16H23N3OS. The van der Waals surface area contributed by atoms with Gasteiger partial charge in [0.25, 0.3) is 0 Å². The van der Waals surface area contributed by atoms with Crippen LogP contribution in [0, 0.1) is 0 Å². The van der Waals surface area contributed by atoms with Crippen molar-refractivity contribution in [1.82, 2.24) is 15.1 Å². The van der Waals surface area contributed by atoms with Crippen molar-refractivity contribution in [2.24, 2.45) is 7.05 Å². The number of aryl methyl sites for hydroxylation is 1. The van der Waals surface area contributed by atoms with Gasteiger partial charge in [0.15, 0.2) is 0 Å². The summed E-state index contributed by atoms with van der Waals surface area (Å²) >= 11 is 1.81. The number of aromatic nitrogens is 2. The van der Waals surface area contributed by atoms with Crippen molar-refractivity contribution in [3.8, 4) is 5.75 Å². The first-order chi connectivity index (χ1) is 10.1. The number of rotatable bonds is 7. The van der Waals surface area contributed by atoms with E-state index in [1.807, 2.05) is 57.2 Å². The molecule has 0 amide bonds. The zero-order chi connectivity index (χ0) is 15.2. The second kappa shape index (κ2) is 7.52. The first-order valence-electron chi connectivity index (χ1n) is 7.14. The van der Waals surface area contributed by atoms with Gasteiger partial charge in [-0.2, -0.15) is 5.10 Å². The van der Waals surface area contributed by atoms with Crippen LogP contribution in [0.15, 0.2) is 41.6 Å². The Hall–Kier alpha value is -1.46. The van der Waals surface area contributed by atoms with Crippen molar-refractivity contribution in [2.75, 3.05) is 12.8 Å². The molecule has 1 N–H and O–H groups in total. The zero-order valence-electron chi connectivity index (χ0n) is 13.0. The van der Waals surface area contributed by atoms with E-state index in [4.69, 9.17) is 4.74 Å². The van der Waals surface area contributed by atoms with Gasteiger partial charge in [0.1, 0.15) is 5.75 Å². The molecular weight excluding hydrogens is 282 g/mol. The van der Waals surface area contributed by atoms with Crippen LogP contribution in [-0.2, 0) is 7.05 Å². The molecule has 0 bridgehead atoms. The first-order valence-corrected chi connectivity index (χ1v) is 8.12. The number of thioether (sulfide) groups is 1. The van der Waals surface area contributed by atoms with Crippen LogP contribution in [0.25, 0.3) is 0 Å². The number of hydrogen-bond donors (Lipinski definition) is 1. The standard InChI is InChI=1S/C16H23N3OS/c1-12(2)20-14-7-5-13(6-8-14)16(17-3)11-21-15-9-18-19(4)10-15/h5-10,12,16-17H,11H2,1-4H3. The lowest BCUT2D eigenvalue weighted by molar-refractivity contribution is 0.242. The Kier molecular flexibility index (Phi) is 5.70. The molecule has 0 aliphatic rings. The summed E-state index contributed by atoms with van der Waals surface area (Å²) in [6.45, 7) is 4.07. The average molecular weight is 305 g/mol. The molecule has 2 rings (SSSR count). The minimum absolute atomic E-state index is 0.206. The summed E-state index contributed by atoms with van der Waals surface area (Å²) in [6.07, 6.45) is 4.14. The molecule has 0 radical (unpaired) electrons. The van der Waals surface area contributed by atoms with Gasteiger partial charge in [0.2, 0.25) is 0 Å². The molecule has 0 fully saturated rings. The van der Waals surface area contributed by atoms with E-state index < -0.39 is 0 Å². The van der Waals surface area contributed by atoms with Crippen LogP contribution < -0.4 is 10.1 Å². The molecule has 0 saturated heterocycles. The highest BCUT2D eigenvalue weighted by atomic mass is 32.2. The molecule has 5 heteroatoms. The third-order valence-corrected chi connectivity index (χ3v) is 4.14. The van der Waals surface area contributed by atoms with Crippen molar-refractivity contribution in [2.45, 2.75) is 30.9 Å². The summed E-state index contributed by atoms with van der Waals surface area (Å²) in [5.74, 6) is 1.88. The average Bonchev–Trinajstić information content (AvgIpc) is 2.86. The highest BCUT2D eigenvalue weighted by Gasteiger charge is 2.11. The third kappa shape index (κ3) is 4.79. The lowest BCUT2D eigenvalue weighted by Crippen LogP contribution is -2.18. The predicted molar refractivity (Wildman–Crippen MR) is 87.9 cm³/mol. The Morgan fingerprint density at radius 1 is 1.29 bits per heavy atom. The lowest BCUT2D eigenvalue weighted by atomic mass is 10.1. The van der Waals surface area contributed by atoms with Crippen molar-refractivity contribution in [3.63, 3.8) is 0 Å². The lowest BCUT2D eigenvalue weighted by Gasteiger charge is -2.17. The molecule has 114 valence electrons. The van der Waals surface area contributed by atoms with Gasteiger partial charge in [0, 0.05) is 29.9 Å². The van der Waals surface area contributed by atoms with Gasteiger partial charge in [-0.25, -0.2) is 0 Å². The third-order valence-electron chi connectivity index (χ3n) is 3.10. The monoisotopic (exact) mass is 305 g/mol. The largest absolute Gasteiger partial charge is 0.491 e. The first kappa shape index (κ1) is 15.9. The Balaban J connectivity index is 1.96. The van der Waals surface area contributed by atoms with Crippen LogP contribution >= 0.6 is 11.8 Å². The van der Waals surface area contributed by atoms with Crippen molar-refractivity contribution < 1.29 is 4.74 Å². The fourth-order valence-electron chi connectivity index (χ4n) is 2.05. The number of ether oxygens (including phenoxy) is 1. The minimum atomic E-state index is 0.206. The van der Waals surface area contributed by atoms with Crippen LogP contribution in [0.4, 0.5) is 0 Å². The summed E-state index contributed by atoms with van der Waals surface area (Å²) in [6, 6.07) is 8.64. The normalized spacial score (nSPS) is 12.6. The summed E-state index contributed by atoms with van der Waals surface area (Å²) in [5, 5.41) is 7.56. The smallest absolute Gasteiger partial charge is 0.119 e. The quantitative estimate of drug-likeness (QED) is 0.797. The topological polar surface area (TPSA) is 39.1 Å². The number of nitrogens with zero attached hydrogens (tertiary/aromatic N) is 2. The molecule has 0 aliphatic carbocycles. The second-order valence-electron chi connectivity index (χ2n) is 5.24. The molecule has 1 unspecified atom stereocenters. The van der Waals surface area contributed by atoms with Gasteiger partial charge >= 0.3 is 0 Å². The van der Waals surface area contributed by atoms with Crippen molar-refractivity contribution >= 4 is 11.8 Å². The number of hydrogen-bond acceptors (Lipinski definition) is 4. The minimum Gasteiger partial charge on any atom is -0.491 e. The van der Waals surface area contributed by atoms with Crippen molar-refractivity contribution in [3.05, 3.63) is 42.2 Å². The van der Waals surface area contributed by atoms with Crippen LogP contribution in [0.1, 0.15) is 25.5 Å². The molecule has 1 aromatic carbocycles. The van der Waals surface area contributed by atoms with E-state index >= 15 is 0 Å². The highest BCUT2D eigenvalue weighted by molar-refractivity contribution is 7.99. The number of nitrogens with one attached hydrogen (secondary N) is 1. The summed E-state index contributed by atoms with van der Waals surface area (Å²) in [4.78, 5) is 1.19.